The molecule has 2 rings (SSSR count). The van der Waals surface area contributed by atoms with Crippen LogP contribution in [0.3, 0.4) is 0 Å². The number of nitrogens with one attached hydrogen (secondary N) is 1. The molecule has 0 aliphatic carbocycles. The van der Waals surface area contributed by atoms with Crippen molar-refractivity contribution in [3.63, 3.8) is 0 Å². The number of aliphatic hydroxyl groups excluding tert-OH is 1. The molecule has 0 spiro atoms. The second-order valence-corrected chi connectivity index (χ2v) is 6.05. The highest BCUT2D eigenvalue weighted by Crippen LogP contribution is 2.17. The van der Waals surface area contributed by atoms with Crippen molar-refractivity contribution in [3.05, 3.63) is 47.3 Å². The molecule has 1 atom stereocenters. The molecule has 0 aliphatic rings. The van der Waals surface area contributed by atoms with Gasteiger partial charge in [0.2, 0.25) is 0 Å². The van der Waals surface area contributed by atoms with Gasteiger partial charge in [-0.1, -0.05) is 18.2 Å². The minimum absolute atomic E-state index is 0.194. The van der Waals surface area contributed by atoms with Gasteiger partial charge in [-0.15, -0.1) is 0 Å². The first-order chi connectivity index (χ1) is 11.9. The van der Waals surface area contributed by atoms with Crippen LogP contribution in [0.1, 0.15) is 17.0 Å². The summed E-state index contributed by atoms with van der Waals surface area (Å²) in [5.41, 5.74) is 3.85. The average molecular weight is 346 g/mol. The number of carbonyl (C=O) groups is 1. The Hall–Kier alpha value is -2.38. The fraction of sp³-hybridized carbons (Fsp3) is 0.444. The quantitative estimate of drug-likeness (QED) is 0.799. The number of para-hydroxylation sites is 1. The Balaban J connectivity index is 2.01. The highest BCUT2D eigenvalue weighted by molar-refractivity contribution is 5.73. The molecular formula is C18H26N4O3. The fourth-order valence-corrected chi connectivity index (χ4v) is 2.69. The smallest absolute Gasteiger partial charge is 0.317 e. The lowest BCUT2D eigenvalue weighted by Crippen LogP contribution is -2.42. The Kier molecular flexibility index (Phi) is 6.55. The first-order valence-corrected chi connectivity index (χ1v) is 8.20. The van der Waals surface area contributed by atoms with E-state index in [1.165, 1.54) is 12.0 Å². The number of ether oxygens (including phenoxy) is 1. The van der Waals surface area contributed by atoms with Gasteiger partial charge >= 0.3 is 6.03 Å². The van der Waals surface area contributed by atoms with E-state index in [0.29, 0.717) is 6.54 Å². The zero-order chi connectivity index (χ0) is 18.4. The zero-order valence-corrected chi connectivity index (χ0v) is 15.2. The van der Waals surface area contributed by atoms with Gasteiger partial charge in [0.15, 0.2) is 0 Å². The van der Waals surface area contributed by atoms with Crippen molar-refractivity contribution in [3.8, 4) is 5.69 Å². The van der Waals surface area contributed by atoms with E-state index in [1.54, 1.807) is 7.05 Å². The van der Waals surface area contributed by atoms with Crippen molar-refractivity contribution in [2.75, 3.05) is 27.3 Å². The summed E-state index contributed by atoms with van der Waals surface area (Å²) >= 11 is 0. The maximum atomic E-state index is 12.2. The molecule has 1 heterocycles. The van der Waals surface area contributed by atoms with Crippen LogP contribution in [-0.4, -0.2) is 59.2 Å². The Bertz CT molecular complexity index is 700. The summed E-state index contributed by atoms with van der Waals surface area (Å²) < 4.78 is 6.75. The number of rotatable bonds is 7. The molecule has 1 aromatic heterocycles. The predicted molar refractivity (Wildman–Crippen MR) is 95.8 cm³/mol. The van der Waals surface area contributed by atoms with Crippen molar-refractivity contribution in [2.45, 2.75) is 26.5 Å². The maximum absolute atomic E-state index is 12.2. The number of hydrogen-bond acceptors (Lipinski definition) is 4. The summed E-state index contributed by atoms with van der Waals surface area (Å²) in [6, 6.07) is 9.63. The van der Waals surface area contributed by atoms with E-state index in [-0.39, 0.29) is 19.2 Å². The van der Waals surface area contributed by atoms with Crippen LogP contribution in [0.2, 0.25) is 0 Å². The zero-order valence-electron chi connectivity index (χ0n) is 15.2. The topological polar surface area (TPSA) is 79.6 Å². The van der Waals surface area contributed by atoms with Gasteiger partial charge in [0.25, 0.3) is 0 Å². The second-order valence-electron chi connectivity index (χ2n) is 6.05. The maximum Gasteiger partial charge on any atom is 0.317 e. The van der Waals surface area contributed by atoms with Gasteiger partial charge in [-0.2, -0.15) is 5.10 Å². The third-order valence-corrected chi connectivity index (χ3v) is 4.05. The first kappa shape index (κ1) is 19.0. The predicted octanol–water partition coefficient (Wildman–Crippen LogP) is 1.64. The lowest BCUT2D eigenvalue weighted by atomic mass is 10.2. The number of methoxy groups -OCH3 is 1. The van der Waals surface area contributed by atoms with E-state index in [4.69, 9.17) is 4.74 Å². The van der Waals surface area contributed by atoms with Gasteiger partial charge in [0.05, 0.1) is 30.6 Å². The number of aromatic nitrogens is 2. The lowest BCUT2D eigenvalue weighted by Gasteiger charge is -2.21. The van der Waals surface area contributed by atoms with Crippen molar-refractivity contribution >= 4 is 6.03 Å². The molecule has 2 amide bonds. The molecule has 136 valence electrons. The minimum atomic E-state index is -0.704. The number of amides is 2. The van der Waals surface area contributed by atoms with Crippen LogP contribution < -0.4 is 5.32 Å². The highest BCUT2D eigenvalue weighted by atomic mass is 16.5. The number of aryl methyl sites for hydroxylation is 1. The van der Waals surface area contributed by atoms with Crippen LogP contribution in [0.25, 0.3) is 5.69 Å². The molecule has 0 aliphatic heterocycles. The number of nitrogens with zero attached hydrogens (tertiary/aromatic N) is 3. The molecule has 0 saturated heterocycles. The van der Waals surface area contributed by atoms with E-state index >= 15 is 0 Å². The van der Waals surface area contributed by atoms with Crippen LogP contribution in [0, 0.1) is 13.8 Å². The van der Waals surface area contributed by atoms with Gasteiger partial charge in [0.1, 0.15) is 0 Å². The average Bonchev–Trinajstić information content (AvgIpc) is 2.88. The van der Waals surface area contributed by atoms with E-state index in [0.717, 1.165) is 22.6 Å². The Morgan fingerprint density at radius 3 is 2.68 bits per heavy atom. The van der Waals surface area contributed by atoms with Gasteiger partial charge < -0.3 is 20.1 Å². The molecule has 0 fully saturated rings. The largest absolute Gasteiger partial charge is 0.389 e. The molecule has 0 saturated carbocycles. The fourth-order valence-electron chi connectivity index (χ4n) is 2.69. The van der Waals surface area contributed by atoms with E-state index < -0.39 is 6.10 Å². The molecular weight excluding hydrogens is 320 g/mol. The molecule has 1 aromatic carbocycles. The SMILES string of the molecule is COCC(O)CN(C)C(=O)NCc1c(C)nn(-c2ccccc2)c1C. The van der Waals surface area contributed by atoms with Crippen LogP contribution in [-0.2, 0) is 11.3 Å². The standard InChI is InChI=1S/C18H26N4O3/c1-13-17(10-19-18(24)21(3)11-16(23)12-25-4)14(2)22(20-13)15-8-6-5-7-9-15/h5-9,16,23H,10-12H2,1-4H3,(H,19,24). The van der Waals surface area contributed by atoms with E-state index in [9.17, 15) is 9.90 Å². The summed E-state index contributed by atoms with van der Waals surface area (Å²) in [6.45, 7) is 4.70. The summed E-state index contributed by atoms with van der Waals surface area (Å²) in [5, 5.41) is 17.2. The first-order valence-electron chi connectivity index (χ1n) is 8.20. The van der Waals surface area contributed by atoms with Gasteiger partial charge in [-0.05, 0) is 26.0 Å². The monoisotopic (exact) mass is 346 g/mol. The normalized spacial score (nSPS) is 12.0. The second kappa shape index (κ2) is 8.64. The van der Waals surface area contributed by atoms with Crippen LogP contribution in [0.15, 0.2) is 30.3 Å². The number of benzene rings is 1. The molecule has 0 radical (unpaired) electrons. The number of likely N-dealkylation sites (N-methyl/N-ethyl adjacent to an activating group) is 1. The molecule has 2 aromatic rings. The number of aliphatic hydroxyl groups is 1. The van der Waals surface area contributed by atoms with Crippen LogP contribution in [0.5, 0.6) is 0 Å². The molecule has 25 heavy (non-hydrogen) atoms. The molecule has 1 unspecified atom stereocenters. The van der Waals surface area contributed by atoms with E-state index in [2.05, 4.69) is 10.4 Å². The molecule has 7 nitrogen and oxygen atoms in total. The van der Waals surface area contributed by atoms with Gasteiger partial charge in [0, 0.05) is 32.0 Å². The van der Waals surface area contributed by atoms with Gasteiger partial charge in [-0.3, -0.25) is 0 Å². The van der Waals surface area contributed by atoms with E-state index in [1.807, 2.05) is 48.9 Å². The number of carbonyl (C=O) groups excluding carboxylic acids is 1. The summed E-state index contributed by atoms with van der Waals surface area (Å²) in [4.78, 5) is 13.6. The lowest BCUT2D eigenvalue weighted by molar-refractivity contribution is 0.0489. The van der Waals surface area contributed by atoms with Crippen molar-refractivity contribution < 1.29 is 14.6 Å². The number of hydrogen-bond donors (Lipinski definition) is 2. The minimum Gasteiger partial charge on any atom is -0.389 e. The summed E-state index contributed by atoms with van der Waals surface area (Å²) in [6.07, 6.45) is -0.704. The Labute approximate surface area is 148 Å². The van der Waals surface area contributed by atoms with Crippen LogP contribution in [0.4, 0.5) is 4.79 Å². The third-order valence-electron chi connectivity index (χ3n) is 4.05. The van der Waals surface area contributed by atoms with Crippen molar-refractivity contribution in [1.82, 2.24) is 20.0 Å². The summed E-state index contributed by atoms with van der Waals surface area (Å²) in [7, 11) is 3.15. The molecule has 0 bridgehead atoms. The third kappa shape index (κ3) is 4.80. The highest BCUT2D eigenvalue weighted by Gasteiger charge is 2.16. The van der Waals surface area contributed by atoms with Crippen LogP contribution >= 0.6 is 0 Å². The Morgan fingerprint density at radius 2 is 2.04 bits per heavy atom. The molecule has 2 N–H and O–H groups in total. The summed E-state index contributed by atoms with van der Waals surface area (Å²) in [5.74, 6) is 0. The van der Waals surface area contributed by atoms with Crippen molar-refractivity contribution in [1.29, 1.82) is 0 Å². The van der Waals surface area contributed by atoms with Crippen molar-refractivity contribution in [2.24, 2.45) is 0 Å². The molecule has 7 heteroatoms. The number of urea groups is 1. The Morgan fingerprint density at radius 1 is 1.36 bits per heavy atom. The van der Waals surface area contributed by atoms with Gasteiger partial charge in [-0.25, -0.2) is 9.48 Å².